The predicted octanol–water partition coefficient (Wildman–Crippen LogP) is 4.23. The van der Waals surface area contributed by atoms with E-state index in [2.05, 4.69) is 33.5 Å². The molecule has 1 N–H and O–H groups in total. The van der Waals surface area contributed by atoms with Crippen molar-refractivity contribution in [3.05, 3.63) is 46.6 Å². The Kier molecular flexibility index (Phi) is 3.82. The number of aromatic nitrogens is 2. The van der Waals surface area contributed by atoms with Crippen molar-refractivity contribution in [3.63, 3.8) is 0 Å². The number of aryl methyl sites for hydroxylation is 2. The maximum absolute atomic E-state index is 5.92. The van der Waals surface area contributed by atoms with Gasteiger partial charge in [0.25, 0.3) is 0 Å². The highest BCUT2D eigenvalue weighted by Crippen LogP contribution is 2.38. The molecule has 0 radical (unpaired) electrons. The molecule has 0 amide bonds. The van der Waals surface area contributed by atoms with Gasteiger partial charge in [-0.25, -0.2) is 9.97 Å². The molecular formula is C20H21N3OS. The third kappa shape index (κ3) is 2.76. The Balaban J connectivity index is 1.37. The first-order chi connectivity index (χ1) is 12.4. The highest BCUT2D eigenvalue weighted by Gasteiger charge is 2.22. The van der Waals surface area contributed by atoms with Crippen molar-refractivity contribution in [2.45, 2.75) is 32.1 Å². The van der Waals surface area contributed by atoms with Gasteiger partial charge in [0.05, 0.1) is 12.0 Å². The molecule has 5 rings (SSSR count). The quantitative estimate of drug-likeness (QED) is 0.767. The van der Waals surface area contributed by atoms with Crippen molar-refractivity contribution in [1.29, 1.82) is 0 Å². The van der Waals surface area contributed by atoms with Crippen molar-refractivity contribution in [2.24, 2.45) is 5.92 Å². The lowest BCUT2D eigenvalue weighted by molar-refractivity contribution is 0.229. The van der Waals surface area contributed by atoms with Gasteiger partial charge in [-0.1, -0.05) is 18.2 Å². The Morgan fingerprint density at radius 3 is 3.08 bits per heavy atom. The molecule has 3 aromatic rings. The summed E-state index contributed by atoms with van der Waals surface area (Å²) >= 11 is 1.85. The number of nitrogens with zero attached hydrogens (tertiary/aromatic N) is 2. The topological polar surface area (TPSA) is 47.0 Å². The Morgan fingerprint density at radius 2 is 2.08 bits per heavy atom. The number of rotatable bonds is 3. The summed E-state index contributed by atoms with van der Waals surface area (Å²) in [6.07, 6.45) is 7.69. The van der Waals surface area contributed by atoms with Crippen molar-refractivity contribution in [1.82, 2.24) is 9.97 Å². The highest BCUT2D eigenvalue weighted by atomic mass is 32.1. The normalized spacial score (nSPS) is 19.1. The third-order valence-corrected chi connectivity index (χ3v) is 6.47. The van der Waals surface area contributed by atoms with Gasteiger partial charge in [-0.2, -0.15) is 0 Å². The largest absolute Gasteiger partial charge is 0.493 e. The minimum Gasteiger partial charge on any atom is -0.493 e. The molecule has 3 heterocycles. The van der Waals surface area contributed by atoms with Gasteiger partial charge in [-0.3, -0.25) is 0 Å². The number of ether oxygens (including phenoxy) is 1. The fourth-order valence-electron chi connectivity index (χ4n) is 3.99. The van der Waals surface area contributed by atoms with Gasteiger partial charge in [-0.05, 0) is 49.3 Å². The molecule has 5 heteroatoms. The molecule has 1 aromatic carbocycles. The van der Waals surface area contributed by atoms with Gasteiger partial charge in [0, 0.05) is 17.3 Å². The maximum atomic E-state index is 5.92. The standard InChI is InChI=1S/C20H21N3OS/c1-3-7-16-14(5-1)9-13(11-24-16)10-21-19-18-15-6-2-4-8-17(15)25-20(18)23-12-22-19/h1,3,5,7,12-13H,2,4,6,8-11H2,(H,21,22,23)/t13-/m0/s1. The molecule has 128 valence electrons. The Bertz CT molecular complexity index is 920. The van der Waals surface area contributed by atoms with Crippen molar-refractivity contribution in [3.8, 4) is 5.75 Å². The van der Waals surface area contributed by atoms with Gasteiger partial charge in [0.15, 0.2) is 0 Å². The van der Waals surface area contributed by atoms with Crippen LogP contribution >= 0.6 is 11.3 Å². The summed E-state index contributed by atoms with van der Waals surface area (Å²) in [4.78, 5) is 11.7. The second-order valence-corrected chi connectivity index (χ2v) is 8.07. The van der Waals surface area contributed by atoms with E-state index in [0.29, 0.717) is 5.92 Å². The summed E-state index contributed by atoms with van der Waals surface area (Å²) in [6.45, 7) is 1.64. The Labute approximate surface area is 151 Å². The molecule has 25 heavy (non-hydrogen) atoms. The number of fused-ring (bicyclic) bond motifs is 4. The maximum Gasteiger partial charge on any atom is 0.138 e. The van der Waals surface area contributed by atoms with Gasteiger partial charge in [0.2, 0.25) is 0 Å². The lowest BCUT2D eigenvalue weighted by Crippen LogP contribution is -2.27. The zero-order chi connectivity index (χ0) is 16.6. The molecule has 0 saturated carbocycles. The molecule has 0 spiro atoms. The molecular weight excluding hydrogens is 330 g/mol. The number of hydrogen-bond donors (Lipinski definition) is 1. The molecule has 4 nitrogen and oxygen atoms in total. The molecule has 0 bridgehead atoms. The number of hydrogen-bond acceptors (Lipinski definition) is 5. The summed E-state index contributed by atoms with van der Waals surface area (Å²) in [5.41, 5.74) is 2.79. The molecule has 1 atom stereocenters. The number of nitrogens with one attached hydrogen (secondary N) is 1. The Hall–Kier alpha value is -2.14. The van der Waals surface area contributed by atoms with Crippen LogP contribution in [0.25, 0.3) is 10.2 Å². The van der Waals surface area contributed by atoms with E-state index in [1.807, 2.05) is 17.4 Å². The fourth-order valence-corrected chi connectivity index (χ4v) is 5.22. The molecule has 0 saturated heterocycles. The zero-order valence-corrected chi connectivity index (χ0v) is 14.9. The van der Waals surface area contributed by atoms with Crippen LogP contribution in [0.1, 0.15) is 28.8 Å². The smallest absolute Gasteiger partial charge is 0.138 e. The van der Waals surface area contributed by atoms with E-state index in [0.717, 1.165) is 42.4 Å². The van der Waals surface area contributed by atoms with E-state index in [-0.39, 0.29) is 0 Å². The van der Waals surface area contributed by atoms with Crippen LogP contribution in [0.4, 0.5) is 5.82 Å². The molecule has 1 aliphatic heterocycles. The first-order valence-corrected chi connectivity index (χ1v) is 9.90. The van der Waals surface area contributed by atoms with E-state index in [9.17, 15) is 0 Å². The van der Waals surface area contributed by atoms with Crippen LogP contribution in [-0.2, 0) is 19.3 Å². The minimum absolute atomic E-state index is 0.467. The van der Waals surface area contributed by atoms with Crippen LogP contribution in [0.2, 0.25) is 0 Å². The van der Waals surface area contributed by atoms with Crippen LogP contribution in [0.15, 0.2) is 30.6 Å². The van der Waals surface area contributed by atoms with Gasteiger partial charge < -0.3 is 10.1 Å². The summed E-state index contributed by atoms with van der Waals surface area (Å²) in [6, 6.07) is 8.35. The summed E-state index contributed by atoms with van der Waals surface area (Å²) in [5, 5.41) is 4.86. The molecule has 2 aliphatic rings. The second-order valence-electron chi connectivity index (χ2n) is 6.98. The monoisotopic (exact) mass is 351 g/mol. The molecule has 1 aliphatic carbocycles. The van der Waals surface area contributed by atoms with E-state index in [1.54, 1.807) is 6.33 Å². The van der Waals surface area contributed by atoms with Gasteiger partial charge in [-0.15, -0.1) is 11.3 Å². The average Bonchev–Trinajstić information content (AvgIpc) is 3.05. The summed E-state index contributed by atoms with van der Waals surface area (Å²) in [5.74, 6) is 2.51. The number of benzene rings is 1. The van der Waals surface area contributed by atoms with Crippen LogP contribution in [-0.4, -0.2) is 23.1 Å². The third-order valence-electron chi connectivity index (χ3n) is 5.27. The van der Waals surface area contributed by atoms with Gasteiger partial charge >= 0.3 is 0 Å². The number of anilines is 1. The highest BCUT2D eigenvalue weighted by molar-refractivity contribution is 7.19. The first kappa shape index (κ1) is 15.1. The SMILES string of the molecule is c1ccc2c(c1)C[C@@H](CNc1ncnc3sc4c(c13)CCCC4)CO2. The molecule has 2 aromatic heterocycles. The minimum atomic E-state index is 0.467. The van der Waals surface area contributed by atoms with Crippen LogP contribution in [0.5, 0.6) is 5.75 Å². The number of para-hydroxylation sites is 1. The Morgan fingerprint density at radius 1 is 1.16 bits per heavy atom. The average molecular weight is 351 g/mol. The van der Waals surface area contributed by atoms with Crippen LogP contribution in [0.3, 0.4) is 0 Å². The molecule has 0 fully saturated rings. The summed E-state index contributed by atoms with van der Waals surface area (Å²) < 4.78 is 5.92. The molecule has 0 unspecified atom stereocenters. The van der Waals surface area contributed by atoms with E-state index in [1.165, 1.54) is 40.7 Å². The second kappa shape index (κ2) is 6.30. The predicted molar refractivity (Wildman–Crippen MR) is 102 cm³/mol. The van der Waals surface area contributed by atoms with Gasteiger partial charge in [0.1, 0.15) is 22.7 Å². The lowest BCUT2D eigenvalue weighted by atomic mass is 9.96. The van der Waals surface area contributed by atoms with Crippen molar-refractivity contribution >= 4 is 27.4 Å². The van der Waals surface area contributed by atoms with Crippen molar-refractivity contribution in [2.75, 3.05) is 18.5 Å². The van der Waals surface area contributed by atoms with Crippen LogP contribution < -0.4 is 10.1 Å². The van der Waals surface area contributed by atoms with E-state index < -0.39 is 0 Å². The first-order valence-electron chi connectivity index (χ1n) is 9.08. The zero-order valence-electron chi connectivity index (χ0n) is 14.1. The van der Waals surface area contributed by atoms with E-state index >= 15 is 0 Å². The van der Waals surface area contributed by atoms with Crippen molar-refractivity contribution < 1.29 is 4.74 Å². The lowest BCUT2D eigenvalue weighted by Gasteiger charge is -2.25. The van der Waals surface area contributed by atoms with Crippen LogP contribution in [0, 0.1) is 5.92 Å². The fraction of sp³-hybridized carbons (Fsp3) is 0.400. The summed E-state index contributed by atoms with van der Waals surface area (Å²) in [7, 11) is 0. The van der Waals surface area contributed by atoms with E-state index in [4.69, 9.17) is 4.74 Å². The number of thiophene rings is 1.